The summed E-state index contributed by atoms with van der Waals surface area (Å²) in [6, 6.07) is 21.2. The fourth-order valence-electron chi connectivity index (χ4n) is 2.38. The van der Waals surface area contributed by atoms with Crippen molar-refractivity contribution in [2.24, 2.45) is 0 Å². The number of hydrogen-bond donors (Lipinski definition) is 1. The molecular formula is C20H18ClNO3S2. The summed E-state index contributed by atoms with van der Waals surface area (Å²) < 4.78 is 33.1. The highest BCUT2D eigenvalue weighted by Crippen LogP contribution is 2.31. The lowest BCUT2D eigenvalue weighted by Gasteiger charge is -2.13. The molecule has 0 unspecified atom stereocenters. The van der Waals surface area contributed by atoms with E-state index in [1.54, 1.807) is 36.0 Å². The van der Waals surface area contributed by atoms with E-state index in [1.165, 1.54) is 19.2 Å². The van der Waals surface area contributed by atoms with Gasteiger partial charge in [0, 0.05) is 15.7 Å². The highest BCUT2D eigenvalue weighted by atomic mass is 35.5. The Morgan fingerprint density at radius 2 is 1.63 bits per heavy atom. The zero-order chi connectivity index (χ0) is 19.3. The molecule has 0 aliphatic carbocycles. The highest BCUT2D eigenvalue weighted by Gasteiger charge is 2.16. The van der Waals surface area contributed by atoms with Crippen LogP contribution in [-0.2, 0) is 15.8 Å². The third-order valence-corrected chi connectivity index (χ3v) is 6.59. The zero-order valence-corrected chi connectivity index (χ0v) is 16.9. The lowest BCUT2D eigenvalue weighted by Crippen LogP contribution is -2.13. The van der Waals surface area contributed by atoms with E-state index in [4.69, 9.17) is 16.3 Å². The van der Waals surface area contributed by atoms with Gasteiger partial charge < -0.3 is 4.74 Å². The Morgan fingerprint density at radius 1 is 0.963 bits per heavy atom. The predicted octanol–water partition coefficient (Wildman–Crippen LogP) is 5.44. The second-order valence-electron chi connectivity index (χ2n) is 5.69. The Hall–Kier alpha value is -2.15. The molecule has 0 radical (unpaired) electrons. The van der Waals surface area contributed by atoms with Crippen LogP contribution in [0.2, 0.25) is 5.02 Å². The van der Waals surface area contributed by atoms with Gasteiger partial charge in [0.25, 0.3) is 10.0 Å². The molecular weight excluding hydrogens is 402 g/mol. The fourth-order valence-corrected chi connectivity index (χ4v) is 4.61. The first-order valence-electron chi connectivity index (χ1n) is 8.11. The van der Waals surface area contributed by atoms with Crippen molar-refractivity contribution in [3.05, 3.63) is 83.4 Å². The number of para-hydroxylation sites is 1. The topological polar surface area (TPSA) is 55.4 Å². The third-order valence-electron chi connectivity index (χ3n) is 3.81. The maximum absolute atomic E-state index is 12.7. The van der Waals surface area contributed by atoms with Gasteiger partial charge in [0.1, 0.15) is 5.75 Å². The normalized spacial score (nSPS) is 11.2. The van der Waals surface area contributed by atoms with Crippen molar-refractivity contribution in [2.45, 2.75) is 15.5 Å². The van der Waals surface area contributed by atoms with Crippen LogP contribution in [0.15, 0.2) is 82.6 Å². The van der Waals surface area contributed by atoms with Crippen LogP contribution in [0.4, 0.5) is 5.69 Å². The number of benzene rings is 3. The molecule has 0 bridgehead atoms. The zero-order valence-electron chi connectivity index (χ0n) is 14.6. The maximum atomic E-state index is 12.7. The smallest absolute Gasteiger partial charge is 0.261 e. The Labute approximate surface area is 168 Å². The average Bonchev–Trinajstić information content (AvgIpc) is 2.68. The van der Waals surface area contributed by atoms with E-state index in [1.807, 2.05) is 36.4 Å². The molecule has 0 aromatic heterocycles. The van der Waals surface area contributed by atoms with Crippen molar-refractivity contribution in [3.63, 3.8) is 0 Å². The summed E-state index contributed by atoms with van der Waals surface area (Å²) in [5.74, 6) is 1.31. The second-order valence-corrected chi connectivity index (χ2v) is 8.83. The van der Waals surface area contributed by atoms with E-state index in [0.717, 1.165) is 10.5 Å². The van der Waals surface area contributed by atoms with E-state index < -0.39 is 10.0 Å². The van der Waals surface area contributed by atoms with Crippen LogP contribution in [0.5, 0.6) is 5.75 Å². The SMILES string of the molecule is COc1ccc(S(=O)(=O)Nc2ccccc2SCc2ccc(Cl)cc2)cc1. The van der Waals surface area contributed by atoms with Crippen LogP contribution >= 0.6 is 23.4 Å². The Kier molecular flexibility index (Phi) is 6.31. The molecule has 0 saturated heterocycles. The first-order chi connectivity index (χ1) is 13.0. The maximum Gasteiger partial charge on any atom is 0.261 e. The van der Waals surface area contributed by atoms with Gasteiger partial charge in [-0.25, -0.2) is 8.42 Å². The van der Waals surface area contributed by atoms with Crippen LogP contribution in [-0.4, -0.2) is 15.5 Å². The highest BCUT2D eigenvalue weighted by molar-refractivity contribution is 7.98. The van der Waals surface area contributed by atoms with Crippen LogP contribution < -0.4 is 9.46 Å². The monoisotopic (exact) mass is 419 g/mol. The minimum Gasteiger partial charge on any atom is -0.497 e. The molecule has 0 amide bonds. The fraction of sp³-hybridized carbons (Fsp3) is 0.100. The van der Waals surface area contributed by atoms with Gasteiger partial charge in [0.15, 0.2) is 0 Å². The summed E-state index contributed by atoms with van der Waals surface area (Å²) in [5.41, 5.74) is 1.66. The van der Waals surface area contributed by atoms with Crippen LogP contribution in [0.1, 0.15) is 5.56 Å². The molecule has 0 spiro atoms. The molecule has 0 saturated carbocycles. The van der Waals surface area contributed by atoms with Gasteiger partial charge in [-0.05, 0) is 54.1 Å². The summed E-state index contributed by atoms with van der Waals surface area (Å²) in [6.45, 7) is 0. The number of rotatable bonds is 7. The van der Waals surface area contributed by atoms with Crippen molar-refractivity contribution in [3.8, 4) is 5.75 Å². The molecule has 140 valence electrons. The first-order valence-corrected chi connectivity index (χ1v) is 11.0. The van der Waals surface area contributed by atoms with Gasteiger partial charge in [0.05, 0.1) is 17.7 Å². The summed E-state index contributed by atoms with van der Waals surface area (Å²) in [5, 5.41) is 0.691. The van der Waals surface area contributed by atoms with Gasteiger partial charge in [0.2, 0.25) is 0 Å². The largest absolute Gasteiger partial charge is 0.497 e. The predicted molar refractivity (Wildman–Crippen MR) is 111 cm³/mol. The summed E-state index contributed by atoms with van der Waals surface area (Å²) in [7, 11) is -2.15. The number of thioether (sulfide) groups is 1. The van der Waals surface area contributed by atoms with Gasteiger partial charge in [-0.15, -0.1) is 11.8 Å². The molecule has 27 heavy (non-hydrogen) atoms. The van der Waals surface area contributed by atoms with Crippen LogP contribution in [0.25, 0.3) is 0 Å². The Bertz CT molecular complexity index is 1000. The lowest BCUT2D eigenvalue weighted by molar-refractivity contribution is 0.414. The van der Waals surface area contributed by atoms with Crippen molar-refractivity contribution in [2.75, 3.05) is 11.8 Å². The first kappa shape index (κ1) is 19.6. The molecule has 3 aromatic rings. The molecule has 7 heteroatoms. The van der Waals surface area contributed by atoms with E-state index >= 15 is 0 Å². The molecule has 4 nitrogen and oxygen atoms in total. The van der Waals surface area contributed by atoms with Gasteiger partial charge in [-0.2, -0.15) is 0 Å². The molecule has 0 fully saturated rings. The standard InChI is InChI=1S/C20H18ClNO3S2/c1-25-17-10-12-18(13-11-17)27(23,24)22-19-4-2-3-5-20(19)26-14-15-6-8-16(21)9-7-15/h2-13,22H,14H2,1H3. The number of hydrogen-bond acceptors (Lipinski definition) is 4. The molecule has 0 heterocycles. The van der Waals surface area contributed by atoms with E-state index in [2.05, 4.69) is 4.72 Å². The van der Waals surface area contributed by atoms with Gasteiger partial charge >= 0.3 is 0 Å². The average molecular weight is 420 g/mol. The van der Waals surface area contributed by atoms with E-state index in [0.29, 0.717) is 22.2 Å². The van der Waals surface area contributed by atoms with Crippen molar-refractivity contribution >= 4 is 39.1 Å². The van der Waals surface area contributed by atoms with E-state index in [-0.39, 0.29) is 4.90 Å². The van der Waals surface area contributed by atoms with Crippen molar-refractivity contribution < 1.29 is 13.2 Å². The third kappa shape index (κ3) is 5.19. The van der Waals surface area contributed by atoms with Crippen molar-refractivity contribution in [1.29, 1.82) is 0 Å². The second kappa shape index (κ2) is 8.69. The lowest BCUT2D eigenvalue weighted by atomic mass is 10.2. The molecule has 0 aliphatic heterocycles. The minimum atomic E-state index is -3.69. The molecule has 0 atom stereocenters. The van der Waals surface area contributed by atoms with Gasteiger partial charge in [-0.3, -0.25) is 4.72 Å². The molecule has 1 N–H and O–H groups in total. The number of methoxy groups -OCH3 is 1. The van der Waals surface area contributed by atoms with Crippen LogP contribution in [0, 0.1) is 0 Å². The van der Waals surface area contributed by atoms with Crippen molar-refractivity contribution in [1.82, 2.24) is 0 Å². The number of sulfonamides is 1. The number of anilines is 1. The Balaban J connectivity index is 1.77. The minimum absolute atomic E-state index is 0.181. The Morgan fingerprint density at radius 3 is 2.30 bits per heavy atom. The quantitative estimate of drug-likeness (QED) is 0.518. The summed E-state index contributed by atoms with van der Waals surface area (Å²) in [4.78, 5) is 1.03. The van der Waals surface area contributed by atoms with E-state index in [9.17, 15) is 8.42 Å². The number of ether oxygens (including phenoxy) is 1. The summed E-state index contributed by atoms with van der Waals surface area (Å²) in [6.07, 6.45) is 0. The molecule has 0 aliphatic rings. The summed E-state index contributed by atoms with van der Waals surface area (Å²) >= 11 is 7.47. The number of nitrogens with one attached hydrogen (secondary N) is 1. The molecule has 3 aromatic carbocycles. The molecule has 3 rings (SSSR count). The van der Waals surface area contributed by atoms with Gasteiger partial charge in [-0.1, -0.05) is 35.9 Å². The number of halogens is 1. The van der Waals surface area contributed by atoms with Crippen LogP contribution in [0.3, 0.4) is 0 Å².